The number of thioether (sulfide) groups is 1. The van der Waals surface area contributed by atoms with Crippen molar-refractivity contribution in [2.24, 2.45) is 0 Å². The number of anilines is 1. The number of aromatic nitrogens is 2. The van der Waals surface area contributed by atoms with E-state index in [1.165, 1.54) is 24.7 Å². The van der Waals surface area contributed by atoms with Crippen LogP contribution in [-0.2, 0) is 0 Å². The van der Waals surface area contributed by atoms with Crippen molar-refractivity contribution in [2.75, 3.05) is 17.6 Å². The van der Waals surface area contributed by atoms with Crippen molar-refractivity contribution in [1.29, 1.82) is 0 Å². The summed E-state index contributed by atoms with van der Waals surface area (Å²) in [4.78, 5) is 19.0. The summed E-state index contributed by atoms with van der Waals surface area (Å²) >= 11 is 1.94. The molecule has 1 saturated heterocycles. The summed E-state index contributed by atoms with van der Waals surface area (Å²) in [7, 11) is 0. The minimum Gasteiger partial charge on any atom is -0.477 e. The standard InChI is InChI=1S/C11H15N3O2S/c1-7-5-9(10(15)16)14-11(13-7)12-6-8-3-2-4-17-8/h5,8H,2-4,6H2,1H3,(H,15,16)(H,12,13,14). The third kappa shape index (κ3) is 3.33. The molecule has 92 valence electrons. The first-order valence-electron chi connectivity index (χ1n) is 5.59. The molecule has 6 heteroatoms. The highest BCUT2D eigenvalue weighted by Gasteiger charge is 2.16. The Labute approximate surface area is 104 Å². The molecule has 0 bridgehead atoms. The Morgan fingerprint density at radius 1 is 1.65 bits per heavy atom. The molecule has 1 aliphatic heterocycles. The number of nitrogens with one attached hydrogen (secondary N) is 1. The van der Waals surface area contributed by atoms with Crippen LogP contribution in [0.2, 0.25) is 0 Å². The Bertz CT molecular complexity index is 419. The molecule has 0 aliphatic carbocycles. The molecule has 2 N–H and O–H groups in total. The van der Waals surface area contributed by atoms with Crippen molar-refractivity contribution >= 4 is 23.7 Å². The second-order valence-corrected chi connectivity index (χ2v) is 5.45. The van der Waals surface area contributed by atoms with Gasteiger partial charge in [-0.15, -0.1) is 0 Å². The highest BCUT2D eigenvalue weighted by molar-refractivity contribution is 8.00. The Morgan fingerprint density at radius 3 is 3.12 bits per heavy atom. The maximum absolute atomic E-state index is 10.8. The molecular weight excluding hydrogens is 238 g/mol. The smallest absolute Gasteiger partial charge is 0.354 e. The molecule has 0 radical (unpaired) electrons. The van der Waals surface area contributed by atoms with E-state index in [0.29, 0.717) is 16.9 Å². The fraction of sp³-hybridized carbons (Fsp3) is 0.545. The largest absolute Gasteiger partial charge is 0.477 e. The van der Waals surface area contributed by atoms with Gasteiger partial charge < -0.3 is 10.4 Å². The molecule has 2 rings (SSSR count). The minimum atomic E-state index is -1.02. The highest BCUT2D eigenvalue weighted by Crippen LogP contribution is 2.25. The van der Waals surface area contributed by atoms with Gasteiger partial charge in [0, 0.05) is 17.5 Å². The zero-order chi connectivity index (χ0) is 12.3. The summed E-state index contributed by atoms with van der Waals surface area (Å²) in [5.41, 5.74) is 0.707. The number of aromatic carboxylic acids is 1. The number of aryl methyl sites for hydroxylation is 1. The van der Waals surface area contributed by atoms with Crippen molar-refractivity contribution in [3.8, 4) is 0 Å². The molecule has 1 atom stereocenters. The third-order valence-corrected chi connectivity index (χ3v) is 3.98. The number of nitrogens with zero attached hydrogens (tertiary/aromatic N) is 2. The SMILES string of the molecule is Cc1cc(C(=O)O)nc(NCC2CCCS2)n1. The molecule has 1 unspecified atom stereocenters. The van der Waals surface area contributed by atoms with Gasteiger partial charge in [-0.1, -0.05) is 0 Å². The average Bonchev–Trinajstić information content (AvgIpc) is 2.78. The normalized spacial score (nSPS) is 19.2. The zero-order valence-electron chi connectivity index (χ0n) is 9.64. The average molecular weight is 253 g/mol. The predicted molar refractivity (Wildman–Crippen MR) is 67.7 cm³/mol. The van der Waals surface area contributed by atoms with Gasteiger partial charge in [0.2, 0.25) is 5.95 Å². The first-order valence-corrected chi connectivity index (χ1v) is 6.64. The van der Waals surface area contributed by atoms with Gasteiger partial charge in [0.05, 0.1) is 0 Å². The van der Waals surface area contributed by atoms with E-state index >= 15 is 0 Å². The van der Waals surface area contributed by atoms with E-state index in [0.717, 1.165) is 6.54 Å². The molecular formula is C11H15N3O2S. The topological polar surface area (TPSA) is 75.1 Å². The summed E-state index contributed by atoms with van der Waals surface area (Å²) in [6, 6.07) is 1.47. The van der Waals surface area contributed by atoms with E-state index < -0.39 is 5.97 Å². The van der Waals surface area contributed by atoms with Crippen LogP contribution in [0.4, 0.5) is 5.95 Å². The van der Waals surface area contributed by atoms with E-state index in [1.807, 2.05) is 11.8 Å². The van der Waals surface area contributed by atoms with E-state index in [1.54, 1.807) is 6.92 Å². The Kier molecular flexibility index (Phi) is 3.83. The van der Waals surface area contributed by atoms with Crippen LogP contribution < -0.4 is 5.32 Å². The van der Waals surface area contributed by atoms with Crippen LogP contribution in [0.3, 0.4) is 0 Å². The lowest BCUT2D eigenvalue weighted by molar-refractivity contribution is 0.0690. The molecule has 17 heavy (non-hydrogen) atoms. The Balaban J connectivity index is 2.01. The molecule has 0 amide bonds. The molecule has 1 aliphatic rings. The second-order valence-electron chi connectivity index (χ2n) is 4.04. The summed E-state index contributed by atoms with van der Waals surface area (Å²) in [6.45, 7) is 2.57. The zero-order valence-corrected chi connectivity index (χ0v) is 10.5. The number of carbonyl (C=O) groups is 1. The quantitative estimate of drug-likeness (QED) is 0.852. The summed E-state index contributed by atoms with van der Waals surface area (Å²) in [5, 5.41) is 12.6. The van der Waals surface area contributed by atoms with Gasteiger partial charge >= 0.3 is 5.97 Å². The van der Waals surface area contributed by atoms with E-state index in [2.05, 4.69) is 15.3 Å². The fourth-order valence-electron chi connectivity index (χ4n) is 1.77. The van der Waals surface area contributed by atoms with Gasteiger partial charge in [0.25, 0.3) is 0 Å². The second kappa shape index (κ2) is 5.35. The lowest BCUT2D eigenvalue weighted by Crippen LogP contribution is -2.16. The van der Waals surface area contributed by atoms with Crippen molar-refractivity contribution in [2.45, 2.75) is 25.0 Å². The molecule has 1 aromatic heterocycles. The number of hydrogen-bond acceptors (Lipinski definition) is 5. The Morgan fingerprint density at radius 2 is 2.47 bits per heavy atom. The summed E-state index contributed by atoms with van der Waals surface area (Å²) in [6.07, 6.45) is 2.46. The first-order chi connectivity index (χ1) is 8.15. The summed E-state index contributed by atoms with van der Waals surface area (Å²) < 4.78 is 0. The fourth-order valence-corrected chi connectivity index (χ4v) is 2.97. The van der Waals surface area contributed by atoms with Crippen LogP contribution in [0.5, 0.6) is 0 Å². The number of carboxylic acids is 1. The molecule has 0 spiro atoms. The summed E-state index contributed by atoms with van der Waals surface area (Å²) in [5.74, 6) is 0.602. The molecule has 1 aromatic rings. The van der Waals surface area contributed by atoms with Gasteiger partial charge in [-0.2, -0.15) is 11.8 Å². The lowest BCUT2D eigenvalue weighted by Gasteiger charge is -2.10. The van der Waals surface area contributed by atoms with E-state index in [4.69, 9.17) is 5.11 Å². The maximum atomic E-state index is 10.8. The van der Waals surface area contributed by atoms with Gasteiger partial charge in [-0.3, -0.25) is 0 Å². The van der Waals surface area contributed by atoms with Gasteiger partial charge in [0.1, 0.15) is 0 Å². The monoisotopic (exact) mass is 253 g/mol. The van der Waals surface area contributed by atoms with E-state index in [9.17, 15) is 4.79 Å². The van der Waals surface area contributed by atoms with Crippen LogP contribution in [0.1, 0.15) is 29.0 Å². The van der Waals surface area contributed by atoms with Crippen molar-refractivity contribution in [3.05, 3.63) is 17.5 Å². The highest BCUT2D eigenvalue weighted by atomic mass is 32.2. The first kappa shape index (κ1) is 12.2. The van der Waals surface area contributed by atoms with Crippen molar-refractivity contribution < 1.29 is 9.90 Å². The number of rotatable bonds is 4. The van der Waals surface area contributed by atoms with Crippen molar-refractivity contribution in [1.82, 2.24) is 9.97 Å². The Hall–Kier alpha value is -1.30. The van der Waals surface area contributed by atoms with Crippen LogP contribution in [0.25, 0.3) is 0 Å². The predicted octanol–water partition coefficient (Wildman–Crippen LogP) is 1.79. The molecule has 0 aromatic carbocycles. The van der Waals surface area contributed by atoms with E-state index in [-0.39, 0.29) is 5.69 Å². The van der Waals surface area contributed by atoms with Gasteiger partial charge in [0.15, 0.2) is 5.69 Å². The van der Waals surface area contributed by atoms with Crippen LogP contribution in [-0.4, -0.2) is 38.6 Å². The molecule has 5 nitrogen and oxygen atoms in total. The third-order valence-electron chi connectivity index (χ3n) is 2.59. The molecule has 2 heterocycles. The van der Waals surface area contributed by atoms with Crippen LogP contribution in [0, 0.1) is 6.92 Å². The van der Waals surface area contributed by atoms with Gasteiger partial charge in [-0.25, -0.2) is 14.8 Å². The lowest BCUT2D eigenvalue weighted by atomic mass is 10.2. The van der Waals surface area contributed by atoms with Crippen molar-refractivity contribution in [3.63, 3.8) is 0 Å². The van der Waals surface area contributed by atoms with Crippen LogP contribution in [0.15, 0.2) is 6.07 Å². The minimum absolute atomic E-state index is 0.0408. The molecule has 1 fully saturated rings. The number of hydrogen-bond donors (Lipinski definition) is 2. The van der Waals surface area contributed by atoms with Crippen LogP contribution >= 0.6 is 11.8 Å². The van der Waals surface area contributed by atoms with Gasteiger partial charge in [-0.05, 0) is 31.6 Å². The number of carboxylic acid groups (broad SMARTS) is 1. The molecule has 0 saturated carbocycles. The maximum Gasteiger partial charge on any atom is 0.354 e.